The van der Waals surface area contributed by atoms with E-state index in [0.717, 1.165) is 19.3 Å². The molecule has 1 unspecified atom stereocenters. The highest BCUT2D eigenvalue weighted by molar-refractivity contribution is 7.03. The van der Waals surface area contributed by atoms with Gasteiger partial charge in [-0.1, -0.05) is 10.9 Å². The molecule has 0 aromatic carbocycles. The zero-order chi connectivity index (χ0) is 9.31. The normalized spacial score (nSPS) is 22.3. The van der Waals surface area contributed by atoms with Gasteiger partial charge < -0.3 is 10.8 Å². The van der Waals surface area contributed by atoms with Crippen LogP contribution in [0.15, 0.2) is 5.38 Å². The Morgan fingerprint density at radius 2 is 2.46 bits per heavy atom. The molecule has 1 heterocycles. The predicted octanol–water partition coefficient (Wildman–Crippen LogP) is 0.700. The fraction of sp³-hybridized carbons (Fsp3) is 0.750. The number of aliphatic hydroxyl groups excluding tert-OH is 1. The Hall–Kier alpha value is -0.520. The lowest BCUT2D eigenvalue weighted by atomic mass is 9.64. The first-order valence-corrected chi connectivity index (χ1v) is 5.27. The summed E-state index contributed by atoms with van der Waals surface area (Å²) in [5, 5.41) is 15.7. The van der Waals surface area contributed by atoms with Gasteiger partial charge in [0.1, 0.15) is 11.8 Å². The maximum atomic E-state index is 10.0. The Labute approximate surface area is 80.9 Å². The van der Waals surface area contributed by atoms with Gasteiger partial charge in [-0.3, -0.25) is 0 Å². The molecule has 1 aromatic heterocycles. The van der Waals surface area contributed by atoms with E-state index in [2.05, 4.69) is 9.59 Å². The summed E-state index contributed by atoms with van der Waals surface area (Å²) in [4.78, 5) is 0. The molecule has 1 fully saturated rings. The molecule has 3 N–H and O–H groups in total. The number of nitrogens with two attached hydrogens (primary N) is 1. The van der Waals surface area contributed by atoms with Gasteiger partial charge in [0, 0.05) is 17.3 Å². The highest BCUT2D eigenvalue weighted by Gasteiger charge is 2.43. The van der Waals surface area contributed by atoms with E-state index >= 15 is 0 Å². The van der Waals surface area contributed by atoms with E-state index in [4.69, 9.17) is 5.73 Å². The van der Waals surface area contributed by atoms with Crippen LogP contribution in [-0.2, 0) is 0 Å². The monoisotopic (exact) mass is 199 g/mol. The molecule has 0 radical (unpaired) electrons. The fourth-order valence-corrected chi connectivity index (χ4v) is 2.30. The summed E-state index contributed by atoms with van der Waals surface area (Å²) in [6, 6.07) is 0. The van der Waals surface area contributed by atoms with E-state index in [1.165, 1.54) is 11.5 Å². The van der Waals surface area contributed by atoms with Crippen molar-refractivity contribution in [2.45, 2.75) is 25.4 Å². The number of rotatable bonds is 3. The predicted molar refractivity (Wildman–Crippen MR) is 50.2 cm³/mol. The Kier molecular flexibility index (Phi) is 2.31. The summed E-state index contributed by atoms with van der Waals surface area (Å²) in [7, 11) is 0. The van der Waals surface area contributed by atoms with E-state index in [1.54, 1.807) is 5.38 Å². The second kappa shape index (κ2) is 3.32. The van der Waals surface area contributed by atoms with Gasteiger partial charge in [0.25, 0.3) is 0 Å². The molecule has 0 bridgehead atoms. The quantitative estimate of drug-likeness (QED) is 0.751. The van der Waals surface area contributed by atoms with Gasteiger partial charge in [-0.05, 0) is 24.4 Å². The van der Waals surface area contributed by atoms with Crippen molar-refractivity contribution in [2.24, 2.45) is 11.1 Å². The first kappa shape index (κ1) is 9.05. The van der Waals surface area contributed by atoms with Crippen LogP contribution < -0.4 is 5.73 Å². The zero-order valence-electron chi connectivity index (χ0n) is 7.31. The highest BCUT2D eigenvalue weighted by atomic mass is 32.1. The third-order valence-corrected chi connectivity index (χ3v) is 3.52. The Bertz CT molecular complexity index is 265. The molecule has 1 aliphatic carbocycles. The van der Waals surface area contributed by atoms with Crippen molar-refractivity contribution >= 4 is 11.5 Å². The molecule has 1 atom stereocenters. The summed E-state index contributed by atoms with van der Waals surface area (Å²) in [5.74, 6) is 0. The van der Waals surface area contributed by atoms with Crippen LogP contribution in [0.25, 0.3) is 0 Å². The van der Waals surface area contributed by atoms with Crippen LogP contribution in [0, 0.1) is 5.41 Å². The zero-order valence-corrected chi connectivity index (χ0v) is 8.13. The average Bonchev–Trinajstić information content (AvgIpc) is 2.54. The number of hydrogen-bond acceptors (Lipinski definition) is 5. The van der Waals surface area contributed by atoms with Crippen molar-refractivity contribution in [3.63, 3.8) is 0 Å². The van der Waals surface area contributed by atoms with Crippen LogP contribution in [0.1, 0.15) is 31.1 Å². The maximum absolute atomic E-state index is 10.0. The van der Waals surface area contributed by atoms with Crippen molar-refractivity contribution < 1.29 is 5.11 Å². The van der Waals surface area contributed by atoms with E-state index < -0.39 is 6.10 Å². The minimum absolute atomic E-state index is 0.115. The minimum Gasteiger partial charge on any atom is -0.386 e. The number of hydrogen-bond donors (Lipinski definition) is 2. The fourth-order valence-electron chi connectivity index (χ4n) is 1.82. The summed E-state index contributed by atoms with van der Waals surface area (Å²) in [6.45, 7) is 0.533. The van der Waals surface area contributed by atoms with E-state index in [-0.39, 0.29) is 5.41 Å². The molecule has 1 aromatic rings. The Morgan fingerprint density at radius 3 is 2.85 bits per heavy atom. The lowest BCUT2D eigenvalue weighted by Crippen LogP contribution is -2.42. The standard InChI is InChI=1S/C8H13N3OS/c9-5-8(2-1-3-8)7(12)6-4-13-11-10-6/h4,7,12H,1-3,5,9H2. The lowest BCUT2D eigenvalue weighted by Gasteiger charge is -2.43. The number of nitrogens with zero attached hydrogens (tertiary/aromatic N) is 2. The molecule has 2 rings (SSSR count). The topological polar surface area (TPSA) is 72.0 Å². The molecule has 1 aliphatic rings. The van der Waals surface area contributed by atoms with Crippen LogP contribution >= 0.6 is 11.5 Å². The summed E-state index contributed by atoms with van der Waals surface area (Å²) in [5.41, 5.74) is 6.23. The van der Waals surface area contributed by atoms with E-state index in [9.17, 15) is 5.11 Å². The van der Waals surface area contributed by atoms with Crippen LogP contribution in [0.5, 0.6) is 0 Å². The molecule has 0 amide bonds. The van der Waals surface area contributed by atoms with Crippen molar-refractivity contribution in [1.82, 2.24) is 9.59 Å². The summed E-state index contributed by atoms with van der Waals surface area (Å²) >= 11 is 1.27. The molecule has 0 saturated heterocycles. The van der Waals surface area contributed by atoms with E-state index in [0.29, 0.717) is 12.2 Å². The molecule has 72 valence electrons. The molecule has 13 heavy (non-hydrogen) atoms. The van der Waals surface area contributed by atoms with Gasteiger partial charge >= 0.3 is 0 Å². The van der Waals surface area contributed by atoms with Crippen LogP contribution in [0.2, 0.25) is 0 Å². The average molecular weight is 199 g/mol. The third-order valence-electron chi connectivity index (χ3n) is 2.99. The first-order valence-electron chi connectivity index (χ1n) is 4.44. The SMILES string of the molecule is NCC1(C(O)c2csnn2)CCC1. The number of aliphatic hydroxyl groups is 1. The van der Waals surface area contributed by atoms with Crippen molar-refractivity contribution in [3.05, 3.63) is 11.1 Å². The minimum atomic E-state index is -0.523. The Balaban J connectivity index is 2.16. The molecule has 0 aliphatic heterocycles. The van der Waals surface area contributed by atoms with Gasteiger partial charge in [-0.25, -0.2) is 0 Å². The smallest absolute Gasteiger partial charge is 0.106 e. The summed E-state index contributed by atoms with van der Waals surface area (Å²) < 4.78 is 3.74. The van der Waals surface area contributed by atoms with Crippen molar-refractivity contribution in [3.8, 4) is 0 Å². The van der Waals surface area contributed by atoms with Gasteiger partial charge in [-0.2, -0.15) is 0 Å². The number of aromatic nitrogens is 2. The van der Waals surface area contributed by atoms with E-state index in [1.807, 2.05) is 0 Å². The van der Waals surface area contributed by atoms with Gasteiger partial charge in [0.05, 0.1) is 0 Å². The van der Waals surface area contributed by atoms with Crippen LogP contribution in [-0.4, -0.2) is 21.2 Å². The lowest BCUT2D eigenvalue weighted by molar-refractivity contribution is -0.0322. The van der Waals surface area contributed by atoms with Gasteiger partial charge in [0.15, 0.2) is 0 Å². The molecular weight excluding hydrogens is 186 g/mol. The molecule has 1 saturated carbocycles. The summed E-state index contributed by atoms with van der Waals surface area (Å²) in [6.07, 6.45) is 2.64. The van der Waals surface area contributed by atoms with Gasteiger partial charge in [0.2, 0.25) is 0 Å². The van der Waals surface area contributed by atoms with Crippen LogP contribution in [0.4, 0.5) is 0 Å². The molecule has 0 spiro atoms. The van der Waals surface area contributed by atoms with Crippen molar-refractivity contribution in [2.75, 3.05) is 6.54 Å². The van der Waals surface area contributed by atoms with Gasteiger partial charge in [-0.15, -0.1) is 5.10 Å². The maximum Gasteiger partial charge on any atom is 0.106 e. The third kappa shape index (κ3) is 1.37. The van der Waals surface area contributed by atoms with Crippen LogP contribution in [0.3, 0.4) is 0 Å². The molecule has 4 nitrogen and oxygen atoms in total. The second-order valence-corrected chi connectivity index (χ2v) is 4.26. The molecule has 5 heteroatoms. The first-order chi connectivity index (χ1) is 6.28. The largest absolute Gasteiger partial charge is 0.386 e. The van der Waals surface area contributed by atoms with Crippen molar-refractivity contribution in [1.29, 1.82) is 0 Å². The molecular formula is C8H13N3OS. The Morgan fingerprint density at radius 1 is 1.69 bits per heavy atom. The highest BCUT2D eigenvalue weighted by Crippen LogP contribution is 2.48. The second-order valence-electron chi connectivity index (χ2n) is 3.65.